The topological polar surface area (TPSA) is 58.2 Å². The third-order valence-electron chi connectivity index (χ3n) is 6.24. The number of carbonyl (C=O) groups excluding carboxylic acids is 2. The predicted molar refractivity (Wildman–Crippen MR) is 106 cm³/mol. The van der Waals surface area contributed by atoms with Crippen LogP contribution in [0.15, 0.2) is 24.3 Å². The molecule has 0 heterocycles. The Kier molecular flexibility index (Phi) is 5.00. The van der Waals surface area contributed by atoms with Crippen LogP contribution >= 0.6 is 11.8 Å². The summed E-state index contributed by atoms with van der Waals surface area (Å²) >= 11 is 1.89. The molecule has 0 aromatic heterocycles. The van der Waals surface area contributed by atoms with Crippen molar-refractivity contribution in [1.82, 2.24) is 5.32 Å². The number of carbonyl (C=O) groups is 2. The van der Waals surface area contributed by atoms with E-state index in [4.69, 9.17) is 0 Å². The molecule has 0 radical (unpaired) electrons. The lowest BCUT2D eigenvalue weighted by Gasteiger charge is -2.56. The molecule has 1 aromatic rings. The third kappa shape index (κ3) is 3.78. The zero-order valence-electron chi connectivity index (χ0n) is 15.4. The van der Waals surface area contributed by atoms with Gasteiger partial charge in [-0.25, -0.2) is 0 Å². The van der Waals surface area contributed by atoms with E-state index in [1.54, 1.807) is 12.1 Å². The number of rotatable bonds is 6. The molecule has 4 fully saturated rings. The average molecular weight is 373 g/mol. The van der Waals surface area contributed by atoms with Gasteiger partial charge in [0.15, 0.2) is 0 Å². The van der Waals surface area contributed by atoms with Gasteiger partial charge in [-0.3, -0.25) is 9.59 Å². The molecule has 1 aromatic carbocycles. The largest absolute Gasteiger partial charge is 0.352 e. The molecule has 4 nitrogen and oxygen atoms in total. The van der Waals surface area contributed by atoms with E-state index in [1.807, 2.05) is 30.8 Å². The first-order valence-corrected chi connectivity index (χ1v) is 10.9. The lowest BCUT2D eigenvalue weighted by Crippen LogP contribution is -2.49. The Labute approximate surface area is 159 Å². The van der Waals surface area contributed by atoms with Crippen LogP contribution in [0.25, 0.3) is 0 Å². The van der Waals surface area contributed by atoms with Crippen molar-refractivity contribution in [2.75, 3.05) is 17.6 Å². The molecule has 4 saturated carbocycles. The summed E-state index contributed by atoms with van der Waals surface area (Å²) in [7, 11) is 0. The summed E-state index contributed by atoms with van der Waals surface area (Å²) in [6.45, 7) is 2.49. The molecule has 0 unspecified atom stereocenters. The van der Waals surface area contributed by atoms with E-state index in [1.165, 1.54) is 38.5 Å². The second kappa shape index (κ2) is 7.26. The summed E-state index contributed by atoms with van der Waals surface area (Å²) in [5, 5.41) is 5.76. The second-order valence-electron chi connectivity index (χ2n) is 8.38. The predicted octanol–water partition coefficient (Wildman–Crippen LogP) is 4.08. The van der Waals surface area contributed by atoms with E-state index in [9.17, 15) is 9.59 Å². The van der Waals surface area contributed by atoms with E-state index in [0.717, 1.165) is 17.8 Å². The molecular weight excluding hydrogens is 344 g/mol. The van der Waals surface area contributed by atoms with Crippen molar-refractivity contribution < 1.29 is 9.59 Å². The van der Waals surface area contributed by atoms with Crippen LogP contribution in [0.1, 0.15) is 55.8 Å². The number of hydrogen-bond acceptors (Lipinski definition) is 3. The maximum Gasteiger partial charge on any atom is 0.251 e. The van der Waals surface area contributed by atoms with E-state index < -0.39 is 0 Å². The zero-order valence-corrected chi connectivity index (χ0v) is 16.2. The van der Waals surface area contributed by atoms with Crippen LogP contribution in [0, 0.1) is 17.8 Å². The van der Waals surface area contributed by atoms with Crippen molar-refractivity contribution >= 4 is 29.3 Å². The first kappa shape index (κ1) is 17.9. The minimum atomic E-state index is -0.105. The quantitative estimate of drug-likeness (QED) is 0.791. The van der Waals surface area contributed by atoms with Gasteiger partial charge in [0, 0.05) is 22.5 Å². The van der Waals surface area contributed by atoms with Crippen LogP contribution in [0.3, 0.4) is 0 Å². The second-order valence-corrected chi connectivity index (χ2v) is 9.82. The van der Waals surface area contributed by atoms with Crippen LogP contribution in [-0.2, 0) is 4.79 Å². The Balaban J connectivity index is 1.33. The Bertz CT molecular complexity index is 668. The molecule has 140 valence electrons. The Morgan fingerprint density at radius 2 is 1.77 bits per heavy atom. The molecule has 0 aliphatic heterocycles. The highest BCUT2D eigenvalue weighted by molar-refractivity contribution is 8.01. The Morgan fingerprint density at radius 3 is 2.38 bits per heavy atom. The van der Waals surface area contributed by atoms with Crippen LogP contribution in [-0.4, -0.2) is 28.9 Å². The average Bonchev–Trinajstić information content (AvgIpc) is 2.59. The molecule has 5 rings (SSSR count). The summed E-state index contributed by atoms with van der Waals surface area (Å²) in [6.07, 6.45) is 8.22. The summed E-state index contributed by atoms with van der Waals surface area (Å²) in [5.41, 5.74) is 1.28. The van der Waals surface area contributed by atoms with Gasteiger partial charge in [0.25, 0.3) is 5.91 Å². The summed E-state index contributed by atoms with van der Waals surface area (Å²) in [5.74, 6) is 3.17. The smallest absolute Gasteiger partial charge is 0.251 e. The van der Waals surface area contributed by atoms with Crippen molar-refractivity contribution in [2.24, 2.45) is 17.8 Å². The Hall–Kier alpha value is -1.49. The molecule has 4 aliphatic rings. The zero-order chi connectivity index (χ0) is 18.1. The highest BCUT2D eigenvalue weighted by atomic mass is 32.2. The van der Waals surface area contributed by atoms with Gasteiger partial charge in [-0.1, -0.05) is 6.07 Å². The van der Waals surface area contributed by atoms with E-state index in [2.05, 4.69) is 10.6 Å². The van der Waals surface area contributed by atoms with Gasteiger partial charge in [0.2, 0.25) is 5.91 Å². The van der Waals surface area contributed by atoms with Gasteiger partial charge in [-0.05, 0) is 81.4 Å². The van der Waals surface area contributed by atoms with Crippen LogP contribution in [0.5, 0.6) is 0 Å². The van der Waals surface area contributed by atoms with E-state index in [0.29, 0.717) is 28.3 Å². The molecule has 5 heteroatoms. The lowest BCUT2D eigenvalue weighted by atomic mass is 9.56. The highest BCUT2D eigenvalue weighted by Crippen LogP contribution is 2.60. The number of hydrogen-bond donors (Lipinski definition) is 2. The minimum Gasteiger partial charge on any atom is -0.352 e. The minimum absolute atomic E-state index is 0.0406. The van der Waals surface area contributed by atoms with E-state index in [-0.39, 0.29) is 11.8 Å². The normalized spacial score (nSPS) is 31.7. The van der Waals surface area contributed by atoms with Crippen LogP contribution in [0.2, 0.25) is 0 Å². The van der Waals surface area contributed by atoms with E-state index >= 15 is 0 Å². The molecule has 0 spiro atoms. The molecule has 0 saturated heterocycles. The number of benzene rings is 1. The van der Waals surface area contributed by atoms with Crippen LogP contribution in [0.4, 0.5) is 5.69 Å². The maximum atomic E-state index is 12.5. The summed E-state index contributed by atoms with van der Waals surface area (Å²) in [4.78, 5) is 24.4. The monoisotopic (exact) mass is 372 g/mol. The van der Waals surface area contributed by atoms with Gasteiger partial charge in [0.05, 0.1) is 5.75 Å². The molecule has 2 amide bonds. The van der Waals surface area contributed by atoms with Crippen molar-refractivity contribution in [3.8, 4) is 0 Å². The van der Waals surface area contributed by atoms with Crippen molar-refractivity contribution in [1.29, 1.82) is 0 Å². The van der Waals surface area contributed by atoms with Gasteiger partial charge >= 0.3 is 0 Å². The van der Waals surface area contributed by atoms with Crippen molar-refractivity contribution in [2.45, 2.75) is 50.2 Å². The molecule has 4 aliphatic carbocycles. The fourth-order valence-corrected chi connectivity index (χ4v) is 7.19. The molecule has 0 atom stereocenters. The van der Waals surface area contributed by atoms with Crippen LogP contribution < -0.4 is 10.6 Å². The third-order valence-corrected chi connectivity index (χ3v) is 7.76. The maximum absolute atomic E-state index is 12.5. The van der Waals surface area contributed by atoms with Crippen molar-refractivity contribution in [3.63, 3.8) is 0 Å². The van der Waals surface area contributed by atoms with Gasteiger partial charge in [0.1, 0.15) is 0 Å². The first-order valence-electron chi connectivity index (χ1n) is 9.87. The number of thioether (sulfide) groups is 1. The summed E-state index contributed by atoms with van der Waals surface area (Å²) < 4.78 is 0.356. The number of anilines is 1. The van der Waals surface area contributed by atoms with Crippen molar-refractivity contribution in [3.05, 3.63) is 29.8 Å². The Morgan fingerprint density at radius 1 is 1.12 bits per heavy atom. The summed E-state index contributed by atoms with van der Waals surface area (Å²) in [6, 6.07) is 7.17. The molecular formula is C21H28N2O2S. The standard InChI is InChI=1S/C21H28N2O2S/c1-2-22-20(25)17-4-3-5-18(9-17)23-19(24)13-26-21-10-14-6-15(11-21)8-16(7-14)12-21/h3-5,9,14-16H,2,6-8,10-13H2,1H3,(H,22,25)(H,23,24). The molecule has 2 N–H and O–H groups in total. The fourth-order valence-electron chi connectivity index (χ4n) is 5.62. The SMILES string of the molecule is CCNC(=O)c1cccc(NC(=O)CSC23CC4CC(CC(C4)C2)C3)c1. The molecule has 26 heavy (non-hydrogen) atoms. The van der Waals surface area contributed by atoms with Gasteiger partial charge in [-0.2, -0.15) is 0 Å². The number of amides is 2. The van der Waals surface area contributed by atoms with Gasteiger partial charge in [-0.15, -0.1) is 11.8 Å². The highest BCUT2D eigenvalue weighted by Gasteiger charge is 2.51. The lowest BCUT2D eigenvalue weighted by molar-refractivity contribution is -0.113. The molecule has 4 bridgehead atoms. The fraction of sp³-hybridized carbons (Fsp3) is 0.619. The first-order chi connectivity index (χ1) is 12.5. The van der Waals surface area contributed by atoms with Gasteiger partial charge < -0.3 is 10.6 Å². The number of nitrogens with one attached hydrogen (secondary N) is 2.